The fraction of sp³-hybridized carbons (Fsp3) is 1.00. The lowest BCUT2D eigenvalue weighted by Gasteiger charge is -2.31. The van der Waals surface area contributed by atoms with Crippen molar-refractivity contribution in [1.29, 1.82) is 0 Å². The number of halogens is 5. The maximum Gasteiger partial charge on any atom is 0.454 e. The Labute approximate surface area is 101 Å². The normalized spacial score (nSPS) is 21.5. The predicted octanol–water partition coefficient (Wildman–Crippen LogP) is 3.58. The zero-order valence-electron chi connectivity index (χ0n) is 9.27. The zero-order chi connectivity index (χ0) is 13.1. The molecule has 0 aromatic rings. The molecule has 0 aromatic carbocycles. The van der Waals surface area contributed by atoms with Gasteiger partial charge in [-0.2, -0.15) is 22.0 Å². The summed E-state index contributed by atoms with van der Waals surface area (Å²) in [6.07, 6.45) is -1.29. The van der Waals surface area contributed by atoms with Crippen LogP contribution in [0.4, 0.5) is 22.0 Å². The topological polar surface area (TPSA) is 26.0 Å². The Morgan fingerprint density at radius 2 is 1.59 bits per heavy atom. The van der Waals surface area contributed by atoms with E-state index in [2.05, 4.69) is 0 Å². The Hall–Kier alpha value is -0.0400. The molecule has 0 saturated heterocycles. The van der Waals surface area contributed by atoms with Gasteiger partial charge >= 0.3 is 12.1 Å². The molecule has 1 nitrogen and oxygen atoms in total. The van der Waals surface area contributed by atoms with E-state index in [1.807, 2.05) is 0 Å². The van der Waals surface area contributed by atoms with Crippen molar-refractivity contribution in [1.82, 2.24) is 0 Å². The van der Waals surface area contributed by atoms with Gasteiger partial charge in [0.15, 0.2) is 0 Å². The Morgan fingerprint density at radius 3 is 2.00 bits per heavy atom. The monoisotopic (exact) mass is 277 g/mol. The van der Waals surface area contributed by atoms with Crippen LogP contribution in [0.3, 0.4) is 0 Å². The minimum absolute atomic E-state index is 0.120. The van der Waals surface area contributed by atoms with Crippen molar-refractivity contribution in [2.45, 2.75) is 54.7 Å². The Kier molecular flexibility index (Phi) is 5.07. The molecule has 0 aliphatic heterocycles. The van der Waals surface area contributed by atoms with Gasteiger partial charge in [0.1, 0.15) is 0 Å². The standard InChI is InChI=1S/C10H16F5NS/c11-9(12,10(13,14)15)8(6-16)17-7-4-2-1-3-5-7/h7-8H,1-6,16H2. The van der Waals surface area contributed by atoms with Gasteiger partial charge in [0, 0.05) is 11.8 Å². The summed E-state index contributed by atoms with van der Waals surface area (Å²) < 4.78 is 62.9. The number of hydrogen-bond acceptors (Lipinski definition) is 2. The molecule has 1 aliphatic rings. The van der Waals surface area contributed by atoms with Gasteiger partial charge in [-0.25, -0.2) is 0 Å². The van der Waals surface area contributed by atoms with E-state index in [0.29, 0.717) is 24.6 Å². The van der Waals surface area contributed by atoms with E-state index in [-0.39, 0.29) is 5.25 Å². The summed E-state index contributed by atoms with van der Waals surface area (Å²) in [6, 6.07) is 0. The van der Waals surface area contributed by atoms with Crippen molar-refractivity contribution >= 4 is 11.8 Å². The highest BCUT2D eigenvalue weighted by Gasteiger charge is 2.62. The average molecular weight is 277 g/mol. The number of thioether (sulfide) groups is 1. The molecule has 1 fully saturated rings. The number of nitrogens with two attached hydrogens (primary N) is 1. The second kappa shape index (κ2) is 5.73. The van der Waals surface area contributed by atoms with E-state index in [1.165, 1.54) is 0 Å². The van der Waals surface area contributed by atoms with Gasteiger partial charge in [-0.1, -0.05) is 19.3 Å². The first-order chi connectivity index (χ1) is 7.79. The summed E-state index contributed by atoms with van der Waals surface area (Å²) in [6.45, 7) is -0.659. The van der Waals surface area contributed by atoms with E-state index >= 15 is 0 Å². The van der Waals surface area contributed by atoms with E-state index in [4.69, 9.17) is 5.73 Å². The fourth-order valence-corrected chi connectivity index (χ4v) is 3.39. The third kappa shape index (κ3) is 3.71. The Balaban J connectivity index is 2.63. The molecule has 1 unspecified atom stereocenters. The van der Waals surface area contributed by atoms with Gasteiger partial charge in [-0.05, 0) is 12.8 Å². The van der Waals surface area contributed by atoms with Crippen LogP contribution in [0, 0.1) is 0 Å². The van der Waals surface area contributed by atoms with Gasteiger partial charge in [0.2, 0.25) is 0 Å². The van der Waals surface area contributed by atoms with Crippen molar-refractivity contribution in [3.63, 3.8) is 0 Å². The highest BCUT2D eigenvalue weighted by Crippen LogP contribution is 2.45. The highest BCUT2D eigenvalue weighted by molar-refractivity contribution is 8.00. The first-order valence-electron chi connectivity index (χ1n) is 5.59. The second-order valence-electron chi connectivity index (χ2n) is 4.24. The number of alkyl halides is 5. The third-order valence-electron chi connectivity index (χ3n) is 2.91. The summed E-state index contributed by atoms with van der Waals surface area (Å²) >= 11 is 0.704. The summed E-state index contributed by atoms with van der Waals surface area (Å²) in [5, 5.41) is -1.99. The Bertz CT molecular complexity index is 237. The molecular formula is C10H16F5NS. The first-order valence-corrected chi connectivity index (χ1v) is 6.53. The molecule has 1 rings (SSSR count). The zero-order valence-corrected chi connectivity index (χ0v) is 10.1. The van der Waals surface area contributed by atoms with Crippen molar-refractivity contribution in [3.05, 3.63) is 0 Å². The quantitative estimate of drug-likeness (QED) is 0.795. The van der Waals surface area contributed by atoms with Gasteiger partial charge < -0.3 is 5.73 Å². The lowest BCUT2D eigenvalue weighted by atomic mass is 10.0. The molecule has 1 atom stereocenters. The molecule has 17 heavy (non-hydrogen) atoms. The molecule has 0 radical (unpaired) electrons. The first kappa shape index (κ1) is 15.0. The van der Waals surface area contributed by atoms with Crippen molar-refractivity contribution in [2.24, 2.45) is 5.73 Å². The molecule has 0 heterocycles. The predicted molar refractivity (Wildman–Crippen MR) is 58.3 cm³/mol. The van der Waals surface area contributed by atoms with E-state index in [9.17, 15) is 22.0 Å². The molecule has 102 valence electrons. The Morgan fingerprint density at radius 1 is 1.06 bits per heavy atom. The molecule has 0 amide bonds. The molecule has 2 N–H and O–H groups in total. The van der Waals surface area contributed by atoms with Gasteiger partial charge in [0.25, 0.3) is 0 Å². The minimum atomic E-state index is -5.52. The van der Waals surface area contributed by atoms with E-state index < -0.39 is 23.9 Å². The van der Waals surface area contributed by atoms with Crippen LogP contribution in [0.2, 0.25) is 0 Å². The molecule has 1 aliphatic carbocycles. The van der Waals surface area contributed by atoms with Crippen LogP contribution >= 0.6 is 11.8 Å². The molecule has 0 bridgehead atoms. The van der Waals surface area contributed by atoms with E-state index in [1.54, 1.807) is 0 Å². The van der Waals surface area contributed by atoms with Crippen LogP contribution in [-0.2, 0) is 0 Å². The van der Waals surface area contributed by atoms with E-state index in [0.717, 1.165) is 19.3 Å². The van der Waals surface area contributed by atoms with Gasteiger partial charge in [-0.15, -0.1) is 11.8 Å². The third-order valence-corrected chi connectivity index (χ3v) is 4.58. The summed E-state index contributed by atoms with van der Waals surface area (Å²) in [5.74, 6) is -4.70. The number of hydrogen-bond donors (Lipinski definition) is 1. The summed E-state index contributed by atoms with van der Waals surface area (Å²) in [7, 11) is 0. The minimum Gasteiger partial charge on any atom is -0.329 e. The highest BCUT2D eigenvalue weighted by atomic mass is 32.2. The van der Waals surface area contributed by atoms with Crippen LogP contribution in [0.15, 0.2) is 0 Å². The van der Waals surface area contributed by atoms with Gasteiger partial charge in [0.05, 0.1) is 5.25 Å². The maximum atomic E-state index is 13.1. The molecule has 0 spiro atoms. The smallest absolute Gasteiger partial charge is 0.329 e. The van der Waals surface area contributed by atoms with Crippen LogP contribution in [0.5, 0.6) is 0 Å². The van der Waals surface area contributed by atoms with Crippen molar-refractivity contribution < 1.29 is 22.0 Å². The van der Waals surface area contributed by atoms with Crippen LogP contribution < -0.4 is 5.73 Å². The number of rotatable bonds is 4. The lowest BCUT2D eigenvalue weighted by Crippen LogP contribution is -2.49. The lowest BCUT2D eigenvalue weighted by molar-refractivity contribution is -0.280. The second-order valence-corrected chi connectivity index (χ2v) is 5.75. The molecule has 7 heteroatoms. The summed E-state index contributed by atoms with van der Waals surface area (Å²) in [4.78, 5) is 0. The molecular weight excluding hydrogens is 261 g/mol. The fourth-order valence-electron chi connectivity index (χ4n) is 1.91. The molecule has 0 aromatic heterocycles. The van der Waals surface area contributed by atoms with Crippen LogP contribution in [-0.4, -0.2) is 29.1 Å². The van der Waals surface area contributed by atoms with Crippen molar-refractivity contribution in [3.8, 4) is 0 Å². The average Bonchev–Trinajstić information content (AvgIpc) is 2.25. The maximum absolute atomic E-state index is 13.1. The summed E-state index contributed by atoms with van der Waals surface area (Å²) in [5.41, 5.74) is 5.07. The van der Waals surface area contributed by atoms with Gasteiger partial charge in [-0.3, -0.25) is 0 Å². The van der Waals surface area contributed by atoms with Crippen LogP contribution in [0.1, 0.15) is 32.1 Å². The molecule has 1 saturated carbocycles. The largest absolute Gasteiger partial charge is 0.454 e. The van der Waals surface area contributed by atoms with Crippen LogP contribution in [0.25, 0.3) is 0 Å². The SMILES string of the molecule is NCC(SC1CCCCC1)C(F)(F)C(F)(F)F. The van der Waals surface area contributed by atoms with Crippen molar-refractivity contribution in [2.75, 3.05) is 6.54 Å².